The van der Waals surface area contributed by atoms with Gasteiger partial charge in [-0.15, -0.1) is 0 Å². The van der Waals surface area contributed by atoms with Gasteiger partial charge in [-0.2, -0.15) is 4.36 Å². The standard InChI is InChI=1S/C28H24N2O3S/c1-19-5-12-27(13-20(19)2)34(4,32)30-28(31)25-15-22(17-29-18-25)7-6-21-8-9-24-16-26(33-3)11-10-23(24)14-21/h5,8-18H,1-4H3. The summed E-state index contributed by atoms with van der Waals surface area (Å²) in [4.78, 5) is 17.4. The highest BCUT2D eigenvalue weighted by atomic mass is 32.2. The van der Waals surface area contributed by atoms with Gasteiger partial charge in [0.25, 0.3) is 5.91 Å². The number of pyridine rings is 1. The van der Waals surface area contributed by atoms with Crippen LogP contribution in [0.3, 0.4) is 0 Å². The molecule has 0 spiro atoms. The summed E-state index contributed by atoms with van der Waals surface area (Å²) in [6.45, 7) is 3.92. The normalized spacial score (nSPS) is 12.4. The summed E-state index contributed by atoms with van der Waals surface area (Å²) in [5, 5.41) is 2.12. The van der Waals surface area contributed by atoms with E-state index in [4.69, 9.17) is 4.74 Å². The maximum Gasteiger partial charge on any atom is 0.286 e. The minimum absolute atomic E-state index is 0.246. The van der Waals surface area contributed by atoms with E-state index in [1.54, 1.807) is 25.4 Å². The van der Waals surface area contributed by atoms with Gasteiger partial charge < -0.3 is 4.74 Å². The first-order valence-corrected chi connectivity index (χ1v) is 12.6. The monoisotopic (exact) mass is 468 g/mol. The predicted molar refractivity (Wildman–Crippen MR) is 136 cm³/mol. The van der Waals surface area contributed by atoms with Crippen LogP contribution in [-0.2, 0) is 9.73 Å². The molecule has 0 bridgehead atoms. The van der Waals surface area contributed by atoms with Crippen LogP contribution >= 0.6 is 0 Å². The van der Waals surface area contributed by atoms with E-state index in [1.165, 1.54) is 12.5 Å². The highest BCUT2D eigenvalue weighted by Crippen LogP contribution is 2.22. The van der Waals surface area contributed by atoms with Crippen molar-refractivity contribution in [1.82, 2.24) is 4.98 Å². The number of fused-ring (bicyclic) bond motifs is 1. The Kier molecular flexibility index (Phi) is 6.49. The number of benzene rings is 3. The topological polar surface area (TPSA) is 68.6 Å². The van der Waals surface area contributed by atoms with Crippen molar-refractivity contribution < 1.29 is 13.7 Å². The quantitative estimate of drug-likeness (QED) is 0.369. The lowest BCUT2D eigenvalue weighted by atomic mass is 10.1. The zero-order valence-corrected chi connectivity index (χ0v) is 20.3. The molecule has 1 aromatic heterocycles. The van der Waals surface area contributed by atoms with E-state index < -0.39 is 15.6 Å². The van der Waals surface area contributed by atoms with Gasteiger partial charge >= 0.3 is 0 Å². The van der Waals surface area contributed by atoms with E-state index in [0.717, 1.165) is 33.2 Å². The maximum atomic E-state index is 13.1. The lowest BCUT2D eigenvalue weighted by Crippen LogP contribution is -2.05. The highest BCUT2D eigenvalue weighted by molar-refractivity contribution is 7.93. The summed E-state index contributed by atoms with van der Waals surface area (Å²) < 4.78 is 22.4. The smallest absolute Gasteiger partial charge is 0.286 e. The molecule has 34 heavy (non-hydrogen) atoms. The van der Waals surface area contributed by atoms with E-state index in [9.17, 15) is 9.00 Å². The molecule has 0 fully saturated rings. The number of carbonyl (C=O) groups excluding carboxylic acids is 1. The predicted octanol–water partition coefficient (Wildman–Crippen LogP) is 5.56. The van der Waals surface area contributed by atoms with E-state index in [1.807, 2.05) is 62.4 Å². The minimum Gasteiger partial charge on any atom is -0.497 e. The molecule has 6 heteroatoms. The molecule has 4 rings (SSSR count). The molecule has 0 radical (unpaired) electrons. The van der Waals surface area contributed by atoms with E-state index in [2.05, 4.69) is 21.2 Å². The van der Waals surface area contributed by atoms with Crippen LogP contribution in [0.2, 0.25) is 0 Å². The van der Waals surface area contributed by atoms with Crippen LogP contribution in [0.5, 0.6) is 5.75 Å². The molecule has 4 aromatic rings. The zero-order chi connectivity index (χ0) is 24.3. The van der Waals surface area contributed by atoms with E-state index in [-0.39, 0.29) is 5.56 Å². The van der Waals surface area contributed by atoms with Crippen LogP contribution in [0.1, 0.15) is 32.6 Å². The number of aromatic nitrogens is 1. The van der Waals surface area contributed by atoms with Crippen molar-refractivity contribution in [3.63, 3.8) is 0 Å². The average molecular weight is 469 g/mol. The summed E-state index contributed by atoms with van der Waals surface area (Å²) in [5.41, 5.74) is 3.75. The van der Waals surface area contributed by atoms with Crippen LogP contribution in [0.15, 0.2) is 82.3 Å². The third-order valence-electron chi connectivity index (χ3n) is 5.56. The van der Waals surface area contributed by atoms with Gasteiger partial charge in [0.05, 0.1) is 22.4 Å². The maximum absolute atomic E-state index is 13.1. The molecule has 1 unspecified atom stereocenters. The number of hydrogen-bond acceptors (Lipinski definition) is 4. The van der Waals surface area contributed by atoms with Gasteiger partial charge in [0, 0.05) is 34.7 Å². The second-order valence-corrected chi connectivity index (χ2v) is 10.3. The summed E-state index contributed by atoms with van der Waals surface area (Å²) >= 11 is 0. The lowest BCUT2D eigenvalue weighted by Gasteiger charge is -2.07. The molecule has 1 heterocycles. The molecule has 5 nitrogen and oxygen atoms in total. The number of amides is 1. The molecule has 0 aliphatic rings. The first-order chi connectivity index (χ1) is 16.2. The molecule has 0 aliphatic carbocycles. The number of ether oxygens (including phenoxy) is 1. The second kappa shape index (κ2) is 9.50. The number of nitrogens with zero attached hydrogens (tertiary/aromatic N) is 2. The third-order valence-corrected chi connectivity index (χ3v) is 7.20. The van der Waals surface area contributed by atoms with E-state index in [0.29, 0.717) is 10.5 Å². The highest BCUT2D eigenvalue weighted by Gasteiger charge is 2.13. The van der Waals surface area contributed by atoms with Crippen LogP contribution < -0.4 is 4.74 Å². The minimum atomic E-state index is -2.89. The number of carbonyl (C=O) groups is 1. The van der Waals surface area contributed by atoms with E-state index >= 15 is 0 Å². The molecular weight excluding hydrogens is 444 g/mol. The number of methoxy groups -OCH3 is 1. The summed E-state index contributed by atoms with van der Waals surface area (Å²) in [5.74, 6) is 6.38. The molecule has 0 saturated carbocycles. The Morgan fingerprint density at radius 3 is 2.38 bits per heavy atom. The fourth-order valence-corrected chi connectivity index (χ4v) is 4.65. The van der Waals surface area contributed by atoms with Gasteiger partial charge in [0.15, 0.2) is 0 Å². The van der Waals surface area contributed by atoms with Crippen molar-refractivity contribution in [3.05, 3.63) is 101 Å². The van der Waals surface area contributed by atoms with Crippen molar-refractivity contribution in [2.24, 2.45) is 4.36 Å². The van der Waals surface area contributed by atoms with Crippen molar-refractivity contribution in [3.8, 4) is 17.6 Å². The summed E-state index contributed by atoms with van der Waals surface area (Å²) in [7, 11) is -1.25. The Hall–Kier alpha value is -3.95. The van der Waals surface area contributed by atoms with Crippen molar-refractivity contribution in [2.75, 3.05) is 13.4 Å². The van der Waals surface area contributed by atoms with Gasteiger partial charge in [-0.3, -0.25) is 9.78 Å². The SMILES string of the molecule is COc1ccc2cc(C#Cc3cncc(C(=O)N=S(C)(=O)c4ccc(C)c(C)c4)c3)ccc2c1. The van der Waals surface area contributed by atoms with Gasteiger partial charge in [0.1, 0.15) is 5.75 Å². The molecule has 170 valence electrons. The number of rotatable bonds is 3. The number of hydrogen-bond donors (Lipinski definition) is 0. The second-order valence-electron chi connectivity index (χ2n) is 8.09. The summed E-state index contributed by atoms with van der Waals surface area (Å²) in [6, 6.07) is 18.9. The molecule has 3 aromatic carbocycles. The van der Waals surface area contributed by atoms with Gasteiger partial charge in [-0.05, 0) is 78.2 Å². The Morgan fingerprint density at radius 2 is 1.62 bits per heavy atom. The molecule has 0 N–H and O–H groups in total. The lowest BCUT2D eigenvalue weighted by molar-refractivity contribution is 0.100. The Bertz CT molecular complexity index is 1600. The van der Waals surface area contributed by atoms with Crippen LogP contribution in [0.4, 0.5) is 0 Å². The zero-order valence-electron chi connectivity index (χ0n) is 19.5. The van der Waals surface area contributed by atoms with Gasteiger partial charge in [-0.25, -0.2) is 4.21 Å². The van der Waals surface area contributed by atoms with Crippen molar-refractivity contribution in [2.45, 2.75) is 18.7 Å². The summed E-state index contributed by atoms with van der Waals surface area (Å²) in [6.07, 6.45) is 4.47. The van der Waals surface area contributed by atoms with Crippen LogP contribution in [0, 0.1) is 25.7 Å². The average Bonchev–Trinajstić information content (AvgIpc) is 2.83. The molecular formula is C28H24N2O3S. The number of aryl methyl sites for hydroxylation is 2. The first-order valence-electron chi connectivity index (χ1n) is 10.6. The van der Waals surface area contributed by atoms with Gasteiger partial charge in [-0.1, -0.05) is 30.0 Å². The fourth-order valence-electron chi connectivity index (χ4n) is 3.41. The molecule has 1 atom stereocenters. The Labute approximate surface area is 200 Å². The third kappa shape index (κ3) is 5.16. The van der Waals surface area contributed by atoms with Crippen molar-refractivity contribution >= 4 is 26.4 Å². The Balaban J connectivity index is 1.60. The molecule has 1 amide bonds. The van der Waals surface area contributed by atoms with Crippen molar-refractivity contribution in [1.29, 1.82) is 0 Å². The molecule has 0 aliphatic heterocycles. The largest absolute Gasteiger partial charge is 0.497 e. The first kappa shape index (κ1) is 23.2. The van der Waals surface area contributed by atoms with Gasteiger partial charge in [0.2, 0.25) is 0 Å². The van der Waals surface area contributed by atoms with Crippen LogP contribution in [-0.4, -0.2) is 28.5 Å². The van der Waals surface area contributed by atoms with Crippen LogP contribution in [0.25, 0.3) is 10.8 Å². The fraction of sp³-hybridized carbons (Fsp3) is 0.143. The molecule has 0 saturated heterocycles. The Morgan fingerprint density at radius 1 is 0.882 bits per heavy atom.